The van der Waals surface area contributed by atoms with Crippen molar-refractivity contribution < 1.29 is 14.6 Å². The fourth-order valence-corrected chi connectivity index (χ4v) is 2.97. The van der Waals surface area contributed by atoms with Crippen molar-refractivity contribution in [2.75, 3.05) is 20.2 Å². The van der Waals surface area contributed by atoms with Crippen LogP contribution in [0.1, 0.15) is 48.1 Å². The Labute approximate surface area is 146 Å². The van der Waals surface area contributed by atoms with Crippen LogP contribution >= 0.6 is 0 Å². The van der Waals surface area contributed by atoms with E-state index in [-0.39, 0.29) is 18.5 Å². The molecule has 0 saturated carbocycles. The van der Waals surface area contributed by atoms with Gasteiger partial charge in [0.1, 0.15) is 11.3 Å². The van der Waals surface area contributed by atoms with E-state index in [2.05, 4.69) is 15.3 Å². The number of amides is 1. The lowest BCUT2D eigenvalue weighted by Crippen LogP contribution is -2.34. The minimum absolute atomic E-state index is 0.157. The van der Waals surface area contributed by atoms with Gasteiger partial charge in [0.25, 0.3) is 5.91 Å². The summed E-state index contributed by atoms with van der Waals surface area (Å²) in [6.07, 6.45) is 2.18. The number of aliphatic hydroxyl groups is 1. The van der Waals surface area contributed by atoms with Gasteiger partial charge in [-0.05, 0) is 26.8 Å². The summed E-state index contributed by atoms with van der Waals surface area (Å²) in [5, 5.41) is 19.1. The smallest absolute Gasteiger partial charge is 0.254 e. The van der Waals surface area contributed by atoms with Crippen molar-refractivity contribution in [2.45, 2.75) is 38.8 Å². The van der Waals surface area contributed by atoms with E-state index in [0.717, 1.165) is 0 Å². The first kappa shape index (κ1) is 17.3. The molecule has 1 atom stereocenters. The molecule has 0 spiro atoms. The average molecular weight is 345 g/mol. The number of aromatic nitrogens is 4. The molecule has 0 aliphatic carbocycles. The van der Waals surface area contributed by atoms with Gasteiger partial charge < -0.3 is 14.7 Å². The van der Waals surface area contributed by atoms with Gasteiger partial charge in [0.15, 0.2) is 0 Å². The molecule has 1 N–H and O–H groups in total. The molecule has 25 heavy (non-hydrogen) atoms. The molecule has 2 aromatic rings. The third kappa shape index (κ3) is 3.34. The normalized spacial score (nSPS) is 20.3. The van der Waals surface area contributed by atoms with Crippen molar-refractivity contribution in [1.82, 2.24) is 24.9 Å². The zero-order valence-electron chi connectivity index (χ0n) is 14.9. The van der Waals surface area contributed by atoms with Crippen molar-refractivity contribution in [3.63, 3.8) is 0 Å². The summed E-state index contributed by atoms with van der Waals surface area (Å²) in [6, 6.07) is 3.50. The molecule has 1 fully saturated rings. The van der Waals surface area contributed by atoms with Crippen molar-refractivity contribution in [2.24, 2.45) is 0 Å². The highest BCUT2D eigenvalue weighted by molar-refractivity contribution is 5.94. The number of rotatable bonds is 4. The number of aryl methyl sites for hydroxylation is 1. The Balaban J connectivity index is 1.79. The SMILES string of the molecule is COc1cc(C(=O)N2CCC(O)(c3cn(C(C)C)nn3)C2)cc(C)n1. The molecular formula is C17H23N5O3. The summed E-state index contributed by atoms with van der Waals surface area (Å²) in [5.41, 5.74) is 0.533. The van der Waals surface area contributed by atoms with E-state index >= 15 is 0 Å². The maximum Gasteiger partial charge on any atom is 0.254 e. The summed E-state index contributed by atoms with van der Waals surface area (Å²) in [4.78, 5) is 18.6. The molecule has 8 heteroatoms. The van der Waals surface area contributed by atoms with Crippen LogP contribution < -0.4 is 4.74 Å². The fraction of sp³-hybridized carbons (Fsp3) is 0.529. The van der Waals surface area contributed by atoms with E-state index in [4.69, 9.17) is 4.74 Å². The van der Waals surface area contributed by atoms with Crippen LogP contribution in [0.25, 0.3) is 0 Å². The highest BCUT2D eigenvalue weighted by Crippen LogP contribution is 2.32. The molecular weight excluding hydrogens is 322 g/mol. The quantitative estimate of drug-likeness (QED) is 0.898. The van der Waals surface area contributed by atoms with Gasteiger partial charge in [0, 0.05) is 36.3 Å². The van der Waals surface area contributed by atoms with Crippen LogP contribution in [0.2, 0.25) is 0 Å². The zero-order chi connectivity index (χ0) is 18.2. The van der Waals surface area contributed by atoms with Gasteiger partial charge in [-0.15, -0.1) is 5.10 Å². The van der Waals surface area contributed by atoms with Gasteiger partial charge in [-0.1, -0.05) is 5.21 Å². The van der Waals surface area contributed by atoms with Crippen LogP contribution in [0, 0.1) is 6.92 Å². The van der Waals surface area contributed by atoms with E-state index in [1.54, 1.807) is 27.9 Å². The Morgan fingerprint density at radius 2 is 2.16 bits per heavy atom. The number of carbonyl (C=O) groups is 1. The number of pyridine rings is 1. The van der Waals surface area contributed by atoms with Crippen molar-refractivity contribution in [1.29, 1.82) is 0 Å². The number of carbonyl (C=O) groups excluding carboxylic acids is 1. The number of methoxy groups -OCH3 is 1. The fourth-order valence-electron chi connectivity index (χ4n) is 2.97. The summed E-state index contributed by atoms with van der Waals surface area (Å²) < 4.78 is 6.83. The third-order valence-electron chi connectivity index (χ3n) is 4.44. The van der Waals surface area contributed by atoms with Crippen LogP contribution in [0.5, 0.6) is 5.88 Å². The molecule has 1 aliphatic rings. The summed E-state index contributed by atoms with van der Waals surface area (Å²) in [5.74, 6) is 0.244. The second-order valence-electron chi connectivity index (χ2n) is 6.73. The minimum atomic E-state index is -1.17. The molecule has 1 unspecified atom stereocenters. The van der Waals surface area contributed by atoms with E-state index in [1.165, 1.54) is 7.11 Å². The van der Waals surface area contributed by atoms with Gasteiger partial charge in [-0.25, -0.2) is 9.67 Å². The number of nitrogens with zero attached hydrogens (tertiary/aromatic N) is 5. The second kappa shape index (κ2) is 6.44. The topological polar surface area (TPSA) is 93.4 Å². The molecule has 0 bridgehead atoms. The van der Waals surface area contributed by atoms with Crippen molar-refractivity contribution in [3.8, 4) is 5.88 Å². The number of hydrogen-bond donors (Lipinski definition) is 1. The van der Waals surface area contributed by atoms with E-state index < -0.39 is 5.60 Å². The van der Waals surface area contributed by atoms with Crippen molar-refractivity contribution >= 4 is 5.91 Å². The number of ether oxygens (including phenoxy) is 1. The Kier molecular flexibility index (Phi) is 4.47. The number of hydrogen-bond acceptors (Lipinski definition) is 6. The third-order valence-corrected chi connectivity index (χ3v) is 4.44. The first-order valence-electron chi connectivity index (χ1n) is 8.29. The first-order valence-corrected chi connectivity index (χ1v) is 8.29. The Bertz CT molecular complexity index is 788. The van der Waals surface area contributed by atoms with Gasteiger partial charge in [0.05, 0.1) is 19.9 Å². The van der Waals surface area contributed by atoms with E-state index in [9.17, 15) is 9.90 Å². The highest BCUT2D eigenvalue weighted by Gasteiger charge is 2.42. The molecule has 0 aromatic carbocycles. The van der Waals surface area contributed by atoms with Crippen molar-refractivity contribution in [3.05, 3.63) is 35.3 Å². The minimum Gasteiger partial charge on any atom is -0.481 e. The summed E-state index contributed by atoms with van der Waals surface area (Å²) in [7, 11) is 1.52. The van der Waals surface area contributed by atoms with Gasteiger partial charge >= 0.3 is 0 Å². The Hall–Kier alpha value is -2.48. The number of β-amino-alcohol motifs (C(OH)–C–C–N with tert-alkyl or cyclic N) is 1. The van der Waals surface area contributed by atoms with Gasteiger partial charge in [-0.3, -0.25) is 4.79 Å². The monoisotopic (exact) mass is 345 g/mol. The lowest BCUT2D eigenvalue weighted by atomic mass is 10.00. The van der Waals surface area contributed by atoms with Gasteiger partial charge in [-0.2, -0.15) is 0 Å². The average Bonchev–Trinajstić information content (AvgIpc) is 3.21. The standard InChI is InChI=1S/C17H23N5O3/c1-11(2)22-9-14(19-20-22)17(24)5-6-21(10-17)16(23)13-7-12(3)18-15(8-13)25-4/h7-9,11,24H,5-6,10H2,1-4H3. The summed E-state index contributed by atoms with van der Waals surface area (Å²) >= 11 is 0. The molecule has 1 saturated heterocycles. The first-order chi connectivity index (χ1) is 11.8. The lowest BCUT2D eigenvalue weighted by Gasteiger charge is -2.21. The van der Waals surface area contributed by atoms with Gasteiger partial charge in [0.2, 0.25) is 5.88 Å². The molecule has 8 nitrogen and oxygen atoms in total. The van der Waals surface area contributed by atoms with Crippen LogP contribution in [0.3, 0.4) is 0 Å². The molecule has 2 aromatic heterocycles. The predicted molar refractivity (Wildman–Crippen MR) is 90.4 cm³/mol. The van der Waals surface area contributed by atoms with Crippen LogP contribution in [-0.2, 0) is 5.60 Å². The highest BCUT2D eigenvalue weighted by atomic mass is 16.5. The van der Waals surface area contributed by atoms with Crippen LogP contribution in [-0.4, -0.2) is 56.1 Å². The Morgan fingerprint density at radius 3 is 2.80 bits per heavy atom. The molecule has 134 valence electrons. The lowest BCUT2D eigenvalue weighted by molar-refractivity contribution is 0.0381. The van der Waals surface area contributed by atoms with E-state index in [1.807, 2.05) is 20.8 Å². The molecule has 1 aliphatic heterocycles. The molecule has 3 rings (SSSR count). The maximum atomic E-state index is 12.8. The van der Waals surface area contributed by atoms with E-state index in [0.29, 0.717) is 35.8 Å². The predicted octanol–water partition coefficient (Wildman–Crippen LogP) is 1.30. The Morgan fingerprint density at radius 1 is 1.40 bits per heavy atom. The maximum absolute atomic E-state index is 12.8. The molecule has 1 amide bonds. The molecule has 0 radical (unpaired) electrons. The van der Waals surface area contributed by atoms with Crippen LogP contribution in [0.4, 0.5) is 0 Å². The summed E-state index contributed by atoms with van der Waals surface area (Å²) in [6.45, 7) is 6.43. The zero-order valence-corrected chi connectivity index (χ0v) is 14.9. The van der Waals surface area contributed by atoms with Crippen LogP contribution in [0.15, 0.2) is 18.3 Å². The number of likely N-dealkylation sites (tertiary alicyclic amines) is 1. The molecule has 3 heterocycles. The largest absolute Gasteiger partial charge is 0.481 e. The second-order valence-corrected chi connectivity index (χ2v) is 6.73.